The number of carbonyl (C=O) groups excluding carboxylic acids is 1. The van der Waals surface area contributed by atoms with E-state index in [1.54, 1.807) is 25.7 Å². The lowest BCUT2D eigenvalue weighted by molar-refractivity contribution is -0.130. The van der Waals surface area contributed by atoms with Gasteiger partial charge in [-0.1, -0.05) is 5.16 Å². The average Bonchev–Trinajstić information content (AvgIpc) is 3.04. The predicted octanol–water partition coefficient (Wildman–Crippen LogP) is 2.04. The molecule has 1 atom stereocenters. The Bertz CT molecular complexity index is 666. The first-order valence-electron chi connectivity index (χ1n) is 7.97. The second kappa shape index (κ2) is 6.26. The number of aryl methyl sites for hydroxylation is 2. The van der Waals surface area contributed by atoms with Gasteiger partial charge < -0.3 is 9.42 Å². The fourth-order valence-corrected chi connectivity index (χ4v) is 4.75. The van der Waals surface area contributed by atoms with Crippen LogP contribution in [0.1, 0.15) is 50.6 Å². The van der Waals surface area contributed by atoms with Crippen molar-refractivity contribution in [2.45, 2.75) is 63.9 Å². The van der Waals surface area contributed by atoms with Crippen molar-refractivity contribution in [3.63, 3.8) is 0 Å². The standard InChI is InChI=1S/C16H26N2O4S/c1-11-14(12(2)22-17-11)6-7-15(19)18-9-8-13(10-18)23(20,21)16(3,4)5/h13H,6-10H2,1-5H3/t13-/m1/s1. The highest BCUT2D eigenvalue weighted by molar-refractivity contribution is 7.93. The molecule has 1 fully saturated rings. The molecule has 2 heterocycles. The lowest BCUT2D eigenvalue weighted by atomic mass is 10.1. The molecular weight excluding hydrogens is 316 g/mol. The highest BCUT2D eigenvalue weighted by Crippen LogP contribution is 2.27. The minimum atomic E-state index is -3.23. The Kier molecular flexibility index (Phi) is 4.89. The molecule has 0 aliphatic carbocycles. The molecule has 0 aromatic carbocycles. The van der Waals surface area contributed by atoms with Crippen LogP contribution >= 0.6 is 0 Å². The van der Waals surface area contributed by atoms with Gasteiger partial charge in [0.1, 0.15) is 5.76 Å². The van der Waals surface area contributed by atoms with Gasteiger partial charge in [-0.15, -0.1) is 0 Å². The van der Waals surface area contributed by atoms with Crippen LogP contribution < -0.4 is 0 Å². The molecule has 1 aromatic rings. The monoisotopic (exact) mass is 342 g/mol. The van der Waals surface area contributed by atoms with Gasteiger partial charge in [0, 0.05) is 25.1 Å². The van der Waals surface area contributed by atoms with Crippen LogP contribution in [0.3, 0.4) is 0 Å². The smallest absolute Gasteiger partial charge is 0.222 e. The van der Waals surface area contributed by atoms with E-state index in [2.05, 4.69) is 5.16 Å². The number of sulfone groups is 1. The summed E-state index contributed by atoms with van der Waals surface area (Å²) in [5.74, 6) is 0.738. The molecule has 130 valence electrons. The van der Waals surface area contributed by atoms with Gasteiger partial charge in [0.15, 0.2) is 9.84 Å². The summed E-state index contributed by atoms with van der Waals surface area (Å²) in [5, 5.41) is 3.43. The van der Waals surface area contributed by atoms with Crippen molar-refractivity contribution >= 4 is 15.7 Å². The molecule has 0 saturated carbocycles. The number of hydrogen-bond donors (Lipinski definition) is 0. The Balaban J connectivity index is 1.96. The molecule has 2 rings (SSSR count). The van der Waals surface area contributed by atoms with Crippen molar-refractivity contribution in [3.8, 4) is 0 Å². The van der Waals surface area contributed by atoms with Crippen molar-refractivity contribution in [1.29, 1.82) is 0 Å². The van der Waals surface area contributed by atoms with Crippen molar-refractivity contribution in [2.75, 3.05) is 13.1 Å². The maximum absolute atomic E-state index is 12.5. The lowest BCUT2D eigenvalue weighted by Gasteiger charge is -2.24. The lowest BCUT2D eigenvalue weighted by Crippen LogP contribution is -2.39. The number of carbonyl (C=O) groups is 1. The summed E-state index contributed by atoms with van der Waals surface area (Å²) in [5.41, 5.74) is 1.78. The topological polar surface area (TPSA) is 80.5 Å². The zero-order valence-corrected chi connectivity index (χ0v) is 15.4. The minimum Gasteiger partial charge on any atom is -0.361 e. The van der Waals surface area contributed by atoms with Gasteiger partial charge in [-0.25, -0.2) is 8.42 Å². The molecule has 1 aliphatic rings. The number of amides is 1. The first kappa shape index (κ1) is 18.0. The maximum atomic E-state index is 12.5. The van der Waals surface area contributed by atoms with Gasteiger partial charge in [0.05, 0.1) is 15.7 Å². The third-order valence-corrected chi connectivity index (χ3v) is 7.53. The molecule has 0 N–H and O–H groups in total. The van der Waals surface area contributed by atoms with Gasteiger partial charge in [0.25, 0.3) is 0 Å². The van der Waals surface area contributed by atoms with Crippen LogP contribution in [0.5, 0.6) is 0 Å². The van der Waals surface area contributed by atoms with Crippen LogP contribution in [0.4, 0.5) is 0 Å². The van der Waals surface area contributed by atoms with E-state index in [9.17, 15) is 13.2 Å². The highest BCUT2D eigenvalue weighted by atomic mass is 32.2. The van der Waals surface area contributed by atoms with Gasteiger partial charge in [-0.05, 0) is 47.5 Å². The van der Waals surface area contributed by atoms with Gasteiger partial charge in [-0.3, -0.25) is 4.79 Å². The Hall–Kier alpha value is -1.37. The molecule has 0 unspecified atom stereocenters. The summed E-state index contributed by atoms with van der Waals surface area (Å²) in [6, 6.07) is 0. The summed E-state index contributed by atoms with van der Waals surface area (Å²) in [4.78, 5) is 14.0. The van der Waals surface area contributed by atoms with E-state index in [1.165, 1.54) is 0 Å². The van der Waals surface area contributed by atoms with E-state index in [-0.39, 0.29) is 5.91 Å². The average molecular weight is 342 g/mol. The second-order valence-electron chi connectivity index (χ2n) is 7.21. The summed E-state index contributed by atoms with van der Waals surface area (Å²) in [7, 11) is -3.23. The van der Waals surface area contributed by atoms with Crippen LogP contribution in [0.2, 0.25) is 0 Å². The highest BCUT2D eigenvalue weighted by Gasteiger charge is 2.41. The summed E-state index contributed by atoms with van der Waals surface area (Å²) >= 11 is 0. The number of aromatic nitrogens is 1. The summed E-state index contributed by atoms with van der Waals surface area (Å²) < 4.78 is 29.3. The quantitative estimate of drug-likeness (QED) is 0.836. The van der Waals surface area contributed by atoms with E-state index in [1.807, 2.05) is 13.8 Å². The molecule has 1 aromatic heterocycles. The van der Waals surface area contributed by atoms with Crippen LogP contribution in [0.15, 0.2) is 4.52 Å². The summed E-state index contributed by atoms with van der Waals surface area (Å²) in [6.45, 7) is 9.65. The molecule has 7 heteroatoms. The van der Waals surface area contributed by atoms with Crippen molar-refractivity contribution in [1.82, 2.24) is 10.1 Å². The van der Waals surface area contributed by atoms with E-state index in [0.29, 0.717) is 32.4 Å². The molecule has 0 radical (unpaired) electrons. The minimum absolute atomic E-state index is 0.00314. The van der Waals surface area contributed by atoms with Gasteiger partial charge in [0.2, 0.25) is 5.91 Å². The van der Waals surface area contributed by atoms with E-state index in [0.717, 1.165) is 17.0 Å². The van der Waals surface area contributed by atoms with Gasteiger partial charge >= 0.3 is 0 Å². The van der Waals surface area contributed by atoms with Crippen LogP contribution in [-0.2, 0) is 21.1 Å². The number of nitrogens with zero attached hydrogens (tertiary/aromatic N) is 2. The third kappa shape index (κ3) is 3.59. The fourth-order valence-electron chi connectivity index (χ4n) is 2.96. The molecule has 0 bridgehead atoms. The van der Waals surface area contributed by atoms with E-state index in [4.69, 9.17) is 4.52 Å². The van der Waals surface area contributed by atoms with Crippen molar-refractivity contribution in [2.24, 2.45) is 0 Å². The fraction of sp³-hybridized carbons (Fsp3) is 0.750. The van der Waals surface area contributed by atoms with Crippen molar-refractivity contribution in [3.05, 3.63) is 17.0 Å². The van der Waals surface area contributed by atoms with Crippen LogP contribution in [0, 0.1) is 13.8 Å². The maximum Gasteiger partial charge on any atom is 0.222 e. The molecule has 1 saturated heterocycles. The first-order valence-corrected chi connectivity index (χ1v) is 9.51. The second-order valence-corrected chi connectivity index (χ2v) is 10.2. The zero-order valence-electron chi connectivity index (χ0n) is 14.5. The molecule has 1 amide bonds. The van der Waals surface area contributed by atoms with E-state index >= 15 is 0 Å². The third-order valence-electron chi connectivity index (χ3n) is 4.56. The van der Waals surface area contributed by atoms with Crippen LogP contribution in [-0.4, -0.2) is 47.5 Å². The van der Waals surface area contributed by atoms with Gasteiger partial charge in [-0.2, -0.15) is 0 Å². The number of hydrogen-bond acceptors (Lipinski definition) is 5. The zero-order chi connectivity index (χ0) is 17.4. The number of likely N-dealkylation sites (tertiary alicyclic amines) is 1. The largest absolute Gasteiger partial charge is 0.361 e. The predicted molar refractivity (Wildman–Crippen MR) is 88.0 cm³/mol. The molecule has 0 spiro atoms. The Morgan fingerprint density at radius 1 is 1.35 bits per heavy atom. The molecule has 1 aliphatic heterocycles. The molecule has 23 heavy (non-hydrogen) atoms. The molecular formula is C16H26N2O4S. The van der Waals surface area contributed by atoms with Crippen LogP contribution in [0.25, 0.3) is 0 Å². The summed E-state index contributed by atoms with van der Waals surface area (Å²) in [6.07, 6.45) is 1.45. The number of rotatable bonds is 4. The SMILES string of the molecule is Cc1noc(C)c1CCC(=O)N1CC[C@@H](S(=O)(=O)C(C)(C)C)C1. The van der Waals surface area contributed by atoms with E-state index < -0.39 is 19.8 Å². The van der Waals surface area contributed by atoms with Crippen molar-refractivity contribution < 1.29 is 17.7 Å². The normalized spacial score (nSPS) is 19.3. The molecule has 6 nitrogen and oxygen atoms in total. The Morgan fingerprint density at radius 3 is 2.52 bits per heavy atom. The Labute approximate surface area is 138 Å². The Morgan fingerprint density at radius 2 is 2.00 bits per heavy atom. The first-order chi connectivity index (χ1) is 10.5.